The van der Waals surface area contributed by atoms with Gasteiger partial charge in [-0.3, -0.25) is 4.90 Å². The number of aryl methyl sites for hydroxylation is 1. The highest BCUT2D eigenvalue weighted by molar-refractivity contribution is 5.84. The molecule has 0 saturated carbocycles. The number of methoxy groups -OCH3 is 1. The minimum Gasteiger partial charge on any atom is -0.497 e. The summed E-state index contributed by atoms with van der Waals surface area (Å²) in [4.78, 5) is 6.05. The van der Waals surface area contributed by atoms with Crippen LogP contribution in [0.25, 0.3) is 10.9 Å². The number of rotatable bonds is 5. The normalized spacial score (nSPS) is 18.1. The second kappa shape index (κ2) is 6.93. The van der Waals surface area contributed by atoms with Gasteiger partial charge < -0.3 is 9.72 Å². The SMILES string of the molecule is COc1ccc2[nH]cc(CC3CCCN3Cc3ccc(C)cc3)c2c1. The van der Waals surface area contributed by atoms with Gasteiger partial charge in [-0.2, -0.15) is 0 Å². The summed E-state index contributed by atoms with van der Waals surface area (Å²) in [6.07, 6.45) is 5.84. The number of H-pyrrole nitrogens is 1. The molecule has 3 nitrogen and oxygen atoms in total. The van der Waals surface area contributed by atoms with Crippen molar-refractivity contribution in [3.63, 3.8) is 0 Å². The first kappa shape index (κ1) is 16.2. The van der Waals surface area contributed by atoms with Crippen LogP contribution >= 0.6 is 0 Å². The van der Waals surface area contributed by atoms with Gasteiger partial charge in [-0.05, 0) is 62.1 Å². The van der Waals surface area contributed by atoms with Gasteiger partial charge in [0.2, 0.25) is 0 Å². The lowest BCUT2D eigenvalue weighted by molar-refractivity contribution is 0.244. The maximum atomic E-state index is 5.40. The minimum atomic E-state index is 0.617. The first-order valence-corrected chi connectivity index (χ1v) is 9.16. The zero-order valence-corrected chi connectivity index (χ0v) is 15.1. The van der Waals surface area contributed by atoms with Crippen LogP contribution in [0.4, 0.5) is 0 Å². The summed E-state index contributed by atoms with van der Waals surface area (Å²) in [5.74, 6) is 0.927. The predicted molar refractivity (Wildman–Crippen MR) is 103 cm³/mol. The largest absolute Gasteiger partial charge is 0.497 e. The van der Waals surface area contributed by atoms with E-state index in [2.05, 4.69) is 59.4 Å². The van der Waals surface area contributed by atoms with E-state index in [0.29, 0.717) is 6.04 Å². The Morgan fingerprint density at radius 1 is 1.16 bits per heavy atom. The van der Waals surface area contributed by atoms with Crippen molar-refractivity contribution in [3.05, 3.63) is 65.4 Å². The highest BCUT2D eigenvalue weighted by Crippen LogP contribution is 2.28. The number of aromatic amines is 1. The molecule has 2 heterocycles. The maximum Gasteiger partial charge on any atom is 0.119 e. The Bertz CT molecular complexity index is 850. The Kier molecular flexibility index (Phi) is 4.50. The van der Waals surface area contributed by atoms with E-state index in [1.165, 1.54) is 47.0 Å². The Hall–Kier alpha value is -2.26. The van der Waals surface area contributed by atoms with E-state index >= 15 is 0 Å². The Morgan fingerprint density at radius 3 is 2.80 bits per heavy atom. The fraction of sp³-hybridized carbons (Fsp3) is 0.364. The molecule has 3 aromatic rings. The van der Waals surface area contributed by atoms with Gasteiger partial charge in [0.25, 0.3) is 0 Å². The van der Waals surface area contributed by atoms with Gasteiger partial charge in [0.15, 0.2) is 0 Å². The van der Waals surface area contributed by atoms with E-state index in [1.807, 2.05) is 6.07 Å². The smallest absolute Gasteiger partial charge is 0.119 e. The molecule has 1 unspecified atom stereocenters. The van der Waals surface area contributed by atoms with Gasteiger partial charge >= 0.3 is 0 Å². The summed E-state index contributed by atoms with van der Waals surface area (Å²) in [6.45, 7) is 4.40. The number of likely N-dealkylation sites (tertiary alicyclic amines) is 1. The molecule has 3 heteroatoms. The highest BCUT2D eigenvalue weighted by atomic mass is 16.5. The van der Waals surface area contributed by atoms with E-state index in [0.717, 1.165) is 18.7 Å². The number of fused-ring (bicyclic) bond motifs is 1. The van der Waals surface area contributed by atoms with Crippen molar-refractivity contribution in [1.29, 1.82) is 0 Å². The Balaban J connectivity index is 1.52. The molecular formula is C22H26N2O. The fourth-order valence-corrected chi connectivity index (χ4v) is 3.97. The van der Waals surface area contributed by atoms with Crippen LogP contribution in [0.3, 0.4) is 0 Å². The Labute approximate surface area is 149 Å². The third-order valence-electron chi connectivity index (χ3n) is 5.44. The van der Waals surface area contributed by atoms with E-state index in [1.54, 1.807) is 7.11 Å². The molecule has 0 amide bonds. The summed E-state index contributed by atoms with van der Waals surface area (Å²) in [5.41, 5.74) is 5.33. The van der Waals surface area contributed by atoms with Crippen molar-refractivity contribution >= 4 is 10.9 Å². The van der Waals surface area contributed by atoms with Crippen LogP contribution in [0, 0.1) is 6.92 Å². The second-order valence-electron chi connectivity index (χ2n) is 7.18. The topological polar surface area (TPSA) is 28.3 Å². The summed E-state index contributed by atoms with van der Waals surface area (Å²) >= 11 is 0. The van der Waals surface area contributed by atoms with Crippen molar-refractivity contribution < 1.29 is 4.74 Å². The molecular weight excluding hydrogens is 308 g/mol. The monoisotopic (exact) mass is 334 g/mol. The van der Waals surface area contributed by atoms with Gasteiger partial charge in [-0.25, -0.2) is 0 Å². The van der Waals surface area contributed by atoms with Crippen molar-refractivity contribution in [2.45, 2.75) is 38.8 Å². The third kappa shape index (κ3) is 3.42. The lowest BCUT2D eigenvalue weighted by atomic mass is 10.0. The minimum absolute atomic E-state index is 0.617. The zero-order valence-electron chi connectivity index (χ0n) is 15.1. The quantitative estimate of drug-likeness (QED) is 0.733. The standard InChI is InChI=1S/C22H26N2O/c1-16-5-7-17(8-6-16)15-24-11-3-4-19(24)12-18-14-23-22-10-9-20(25-2)13-21(18)22/h5-10,13-14,19,23H,3-4,11-12,15H2,1-2H3. The van der Waals surface area contributed by atoms with Crippen LogP contribution < -0.4 is 4.74 Å². The Morgan fingerprint density at radius 2 is 2.00 bits per heavy atom. The van der Waals surface area contributed by atoms with Gasteiger partial charge in [0.1, 0.15) is 5.75 Å². The summed E-state index contributed by atoms with van der Waals surface area (Å²) in [6, 6.07) is 15.9. The molecule has 1 N–H and O–H groups in total. The molecule has 1 saturated heterocycles. The molecule has 1 aromatic heterocycles. The number of ether oxygens (including phenoxy) is 1. The van der Waals surface area contributed by atoms with Crippen LogP contribution in [-0.4, -0.2) is 29.6 Å². The molecule has 1 atom stereocenters. The number of nitrogens with one attached hydrogen (secondary N) is 1. The average Bonchev–Trinajstić information content (AvgIpc) is 3.24. The van der Waals surface area contributed by atoms with Crippen molar-refractivity contribution in [2.75, 3.05) is 13.7 Å². The second-order valence-corrected chi connectivity index (χ2v) is 7.18. The van der Waals surface area contributed by atoms with Gasteiger partial charge in [-0.15, -0.1) is 0 Å². The summed E-state index contributed by atoms with van der Waals surface area (Å²) in [7, 11) is 1.73. The van der Waals surface area contributed by atoms with Gasteiger partial charge in [0.05, 0.1) is 7.11 Å². The van der Waals surface area contributed by atoms with Crippen LogP contribution in [0.5, 0.6) is 5.75 Å². The van der Waals surface area contributed by atoms with E-state index in [9.17, 15) is 0 Å². The molecule has 2 aromatic carbocycles. The number of benzene rings is 2. The van der Waals surface area contributed by atoms with E-state index in [-0.39, 0.29) is 0 Å². The van der Waals surface area contributed by atoms with E-state index < -0.39 is 0 Å². The van der Waals surface area contributed by atoms with Crippen molar-refractivity contribution in [3.8, 4) is 5.75 Å². The van der Waals surface area contributed by atoms with Crippen molar-refractivity contribution in [1.82, 2.24) is 9.88 Å². The molecule has 1 fully saturated rings. The average molecular weight is 334 g/mol. The first-order chi connectivity index (χ1) is 12.2. The predicted octanol–water partition coefficient (Wildman–Crippen LogP) is 4.69. The number of hydrogen-bond donors (Lipinski definition) is 1. The zero-order chi connectivity index (χ0) is 17.2. The molecule has 130 valence electrons. The fourth-order valence-electron chi connectivity index (χ4n) is 3.97. The molecule has 1 aliphatic rings. The van der Waals surface area contributed by atoms with Crippen LogP contribution in [-0.2, 0) is 13.0 Å². The molecule has 0 aliphatic carbocycles. The lowest BCUT2D eigenvalue weighted by Crippen LogP contribution is -2.30. The molecule has 4 rings (SSSR count). The molecule has 25 heavy (non-hydrogen) atoms. The van der Waals surface area contributed by atoms with Crippen molar-refractivity contribution in [2.24, 2.45) is 0 Å². The summed E-state index contributed by atoms with van der Waals surface area (Å²) in [5, 5.41) is 1.29. The van der Waals surface area contributed by atoms with Crippen LogP contribution in [0.2, 0.25) is 0 Å². The highest BCUT2D eigenvalue weighted by Gasteiger charge is 2.25. The van der Waals surface area contributed by atoms with Crippen LogP contribution in [0.1, 0.15) is 29.5 Å². The van der Waals surface area contributed by atoms with E-state index in [4.69, 9.17) is 4.74 Å². The van der Waals surface area contributed by atoms with Gasteiger partial charge in [-0.1, -0.05) is 29.8 Å². The molecule has 0 bridgehead atoms. The molecule has 1 aliphatic heterocycles. The number of nitrogens with zero attached hydrogens (tertiary/aromatic N) is 1. The third-order valence-corrected chi connectivity index (χ3v) is 5.44. The summed E-state index contributed by atoms with van der Waals surface area (Å²) < 4.78 is 5.40. The maximum absolute atomic E-state index is 5.40. The van der Waals surface area contributed by atoms with Crippen LogP contribution in [0.15, 0.2) is 48.7 Å². The number of aromatic nitrogens is 1. The first-order valence-electron chi connectivity index (χ1n) is 9.16. The molecule has 0 radical (unpaired) electrons. The van der Waals surface area contributed by atoms with Gasteiger partial charge in [0, 0.05) is 29.7 Å². The molecule has 0 spiro atoms. The lowest BCUT2D eigenvalue weighted by Gasteiger charge is -2.24. The number of hydrogen-bond acceptors (Lipinski definition) is 2.